The molecule has 0 amide bonds. The molecule has 1 atom stereocenters. The fraction of sp³-hybridized carbons (Fsp3) is 0.889. The number of hydrogen-bond donors (Lipinski definition) is 2. The summed E-state index contributed by atoms with van der Waals surface area (Å²) < 4.78 is 37.3. The highest BCUT2D eigenvalue weighted by Gasteiger charge is 2.56. The van der Waals surface area contributed by atoms with E-state index in [1.807, 2.05) is 12.2 Å². The highest BCUT2D eigenvalue weighted by Crippen LogP contribution is 2.30. The minimum Gasteiger partial charge on any atom is -0.480 e. The molecule has 0 aliphatic carbocycles. The molecule has 0 heterocycles. The van der Waals surface area contributed by atoms with Crippen LogP contribution in [0.4, 0.5) is 13.2 Å². The number of hydrogen-bond acceptors (Lipinski definition) is 2. The SMILES string of the molecule is CCCCCNC(C)(C(=O)O)C(F)(F)F. The Kier molecular flexibility index (Phi) is 5.07. The number of carboxylic acids is 1. The fourth-order valence-electron chi connectivity index (χ4n) is 1.01. The van der Waals surface area contributed by atoms with Crippen molar-refractivity contribution >= 4 is 5.97 Å². The Morgan fingerprint density at radius 1 is 1.33 bits per heavy atom. The van der Waals surface area contributed by atoms with Crippen LogP contribution >= 0.6 is 0 Å². The monoisotopic (exact) mass is 227 g/mol. The summed E-state index contributed by atoms with van der Waals surface area (Å²) in [6, 6.07) is 0. The summed E-state index contributed by atoms with van der Waals surface area (Å²) in [5.41, 5.74) is -2.85. The fourth-order valence-corrected chi connectivity index (χ4v) is 1.01. The van der Waals surface area contributed by atoms with Crippen LogP contribution < -0.4 is 5.32 Å². The summed E-state index contributed by atoms with van der Waals surface area (Å²) >= 11 is 0. The van der Waals surface area contributed by atoms with E-state index in [1.165, 1.54) is 0 Å². The topological polar surface area (TPSA) is 49.3 Å². The maximum Gasteiger partial charge on any atom is 0.417 e. The van der Waals surface area contributed by atoms with E-state index in [9.17, 15) is 18.0 Å². The summed E-state index contributed by atoms with van der Waals surface area (Å²) in [6.45, 7) is 2.61. The van der Waals surface area contributed by atoms with Gasteiger partial charge in [0.2, 0.25) is 5.54 Å². The van der Waals surface area contributed by atoms with E-state index in [2.05, 4.69) is 0 Å². The van der Waals surface area contributed by atoms with Crippen LogP contribution in [-0.2, 0) is 4.79 Å². The lowest BCUT2D eigenvalue weighted by Gasteiger charge is -2.28. The van der Waals surface area contributed by atoms with E-state index >= 15 is 0 Å². The molecule has 0 aromatic carbocycles. The van der Waals surface area contributed by atoms with Crippen molar-refractivity contribution in [1.29, 1.82) is 0 Å². The lowest BCUT2D eigenvalue weighted by molar-refractivity contribution is -0.205. The average molecular weight is 227 g/mol. The van der Waals surface area contributed by atoms with Crippen molar-refractivity contribution < 1.29 is 23.1 Å². The van der Waals surface area contributed by atoms with Gasteiger partial charge in [-0.05, 0) is 19.9 Å². The normalized spacial score (nSPS) is 16.1. The van der Waals surface area contributed by atoms with Crippen molar-refractivity contribution in [1.82, 2.24) is 5.32 Å². The van der Waals surface area contributed by atoms with Crippen LogP contribution in [0, 0.1) is 0 Å². The third kappa shape index (κ3) is 3.70. The Morgan fingerprint density at radius 3 is 2.20 bits per heavy atom. The van der Waals surface area contributed by atoms with E-state index in [0.717, 1.165) is 12.8 Å². The van der Waals surface area contributed by atoms with Crippen molar-refractivity contribution in [2.75, 3.05) is 6.54 Å². The molecule has 0 rings (SSSR count). The number of aliphatic carboxylic acids is 1. The molecule has 0 saturated heterocycles. The van der Waals surface area contributed by atoms with Crippen molar-refractivity contribution in [3.05, 3.63) is 0 Å². The molecule has 0 fully saturated rings. The predicted octanol–water partition coefficient (Wildman–Crippen LogP) is 2.17. The first-order chi connectivity index (χ1) is 6.75. The Labute approximate surface area is 86.7 Å². The molecule has 2 N–H and O–H groups in total. The number of carboxylic acid groups (broad SMARTS) is 1. The Hall–Kier alpha value is -0.780. The Balaban J connectivity index is 4.35. The molecule has 0 aliphatic rings. The van der Waals surface area contributed by atoms with Gasteiger partial charge in [0.05, 0.1) is 0 Å². The zero-order chi connectivity index (χ0) is 12.1. The van der Waals surface area contributed by atoms with Gasteiger partial charge in [-0.15, -0.1) is 0 Å². The number of carbonyl (C=O) groups is 1. The molecule has 15 heavy (non-hydrogen) atoms. The van der Waals surface area contributed by atoms with Gasteiger partial charge in [0.25, 0.3) is 0 Å². The predicted molar refractivity (Wildman–Crippen MR) is 49.6 cm³/mol. The van der Waals surface area contributed by atoms with E-state index < -0.39 is 17.7 Å². The first kappa shape index (κ1) is 14.2. The van der Waals surface area contributed by atoms with Gasteiger partial charge in [0.15, 0.2) is 0 Å². The van der Waals surface area contributed by atoms with Crippen molar-refractivity contribution in [3.63, 3.8) is 0 Å². The molecular weight excluding hydrogens is 211 g/mol. The molecular formula is C9H16F3NO2. The van der Waals surface area contributed by atoms with E-state index in [4.69, 9.17) is 5.11 Å². The molecule has 0 radical (unpaired) electrons. The van der Waals surface area contributed by atoms with Crippen LogP contribution in [0.25, 0.3) is 0 Å². The lowest BCUT2D eigenvalue weighted by atomic mass is 10.0. The third-order valence-electron chi connectivity index (χ3n) is 2.25. The second kappa shape index (κ2) is 5.34. The molecule has 0 aromatic heterocycles. The average Bonchev–Trinajstić information content (AvgIpc) is 2.09. The van der Waals surface area contributed by atoms with Gasteiger partial charge in [-0.1, -0.05) is 19.8 Å². The maximum absolute atomic E-state index is 12.4. The van der Waals surface area contributed by atoms with Crippen molar-refractivity contribution in [2.45, 2.75) is 44.8 Å². The summed E-state index contributed by atoms with van der Waals surface area (Å²) in [5, 5.41) is 10.6. The van der Waals surface area contributed by atoms with Crippen LogP contribution in [0.5, 0.6) is 0 Å². The van der Waals surface area contributed by atoms with Gasteiger partial charge in [0, 0.05) is 0 Å². The first-order valence-corrected chi connectivity index (χ1v) is 4.81. The molecule has 0 saturated carbocycles. The number of halogens is 3. The molecule has 3 nitrogen and oxygen atoms in total. The van der Waals surface area contributed by atoms with Gasteiger partial charge in [-0.3, -0.25) is 5.32 Å². The molecule has 0 spiro atoms. The van der Waals surface area contributed by atoms with Crippen molar-refractivity contribution in [2.24, 2.45) is 0 Å². The minimum atomic E-state index is -4.79. The summed E-state index contributed by atoms with van der Waals surface area (Å²) in [4.78, 5) is 10.5. The number of unbranched alkanes of at least 4 members (excludes halogenated alkanes) is 2. The largest absolute Gasteiger partial charge is 0.480 e. The first-order valence-electron chi connectivity index (χ1n) is 4.81. The second-order valence-electron chi connectivity index (χ2n) is 3.56. The van der Waals surface area contributed by atoms with E-state index in [1.54, 1.807) is 0 Å². The minimum absolute atomic E-state index is 0.0517. The standard InChI is InChI=1S/C9H16F3NO2/c1-3-4-5-6-13-8(2,7(14)15)9(10,11)12/h13H,3-6H2,1-2H3,(H,14,15). The van der Waals surface area contributed by atoms with Gasteiger partial charge in [-0.2, -0.15) is 13.2 Å². The molecule has 6 heteroatoms. The van der Waals surface area contributed by atoms with Crippen LogP contribution in [0.2, 0.25) is 0 Å². The quantitative estimate of drug-likeness (QED) is 0.684. The van der Waals surface area contributed by atoms with Gasteiger partial charge >= 0.3 is 12.1 Å². The van der Waals surface area contributed by atoms with Crippen LogP contribution in [0.15, 0.2) is 0 Å². The zero-order valence-electron chi connectivity index (χ0n) is 8.82. The lowest BCUT2D eigenvalue weighted by Crippen LogP contribution is -2.60. The van der Waals surface area contributed by atoms with Crippen LogP contribution in [0.3, 0.4) is 0 Å². The molecule has 0 bridgehead atoms. The van der Waals surface area contributed by atoms with Gasteiger partial charge < -0.3 is 5.11 Å². The Morgan fingerprint density at radius 2 is 1.87 bits per heavy atom. The number of rotatable bonds is 6. The van der Waals surface area contributed by atoms with Crippen molar-refractivity contribution in [3.8, 4) is 0 Å². The second-order valence-corrected chi connectivity index (χ2v) is 3.56. The molecule has 0 aromatic rings. The van der Waals surface area contributed by atoms with Crippen LogP contribution in [0.1, 0.15) is 33.1 Å². The molecule has 0 aliphatic heterocycles. The summed E-state index contributed by atoms with van der Waals surface area (Å²) in [5.74, 6) is -1.90. The zero-order valence-corrected chi connectivity index (χ0v) is 8.82. The number of alkyl halides is 3. The van der Waals surface area contributed by atoms with Crippen LogP contribution in [-0.4, -0.2) is 29.3 Å². The highest BCUT2D eigenvalue weighted by molar-refractivity contribution is 5.79. The summed E-state index contributed by atoms with van der Waals surface area (Å²) in [7, 11) is 0. The molecule has 1 unspecified atom stereocenters. The maximum atomic E-state index is 12.4. The molecule has 90 valence electrons. The number of nitrogens with one attached hydrogen (secondary N) is 1. The van der Waals surface area contributed by atoms with E-state index in [-0.39, 0.29) is 6.54 Å². The smallest absolute Gasteiger partial charge is 0.417 e. The highest BCUT2D eigenvalue weighted by atomic mass is 19.4. The Bertz CT molecular complexity index is 218. The van der Waals surface area contributed by atoms with Gasteiger partial charge in [0.1, 0.15) is 0 Å². The third-order valence-corrected chi connectivity index (χ3v) is 2.25. The van der Waals surface area contributed by atoms with E-state index in [0.29, 0.717) is 13.3 Å². The van der Waals surface area contributed by atoms with Gasteiger partial charge in [-0.25, -0.2) is 4.79 Å². The summed E-state index contributed by atoms with van der Waals surface area (Å²) in [6.07, 6.45) is -2.60.